The van der Waals surface area contributed by atoms with E-state index in [0.29, 0.717) is 0 Å². The summed E-state index contributed by atoms with van der Waals surface area (Å²) < 4.78 is 0. The van der Waals surface area contributed by atoms with Gasteiger partial charge >= 0.3 is 0 Å². The summed E-state index contributed by atoms with van der Waals surface area (Å²) in [5.74, 6) is 0. The number of aryl methyl sites for hydroxylation is 2. The fourth-order valence-corrected chi connectivity index (χ4v) is 1.40. The van der Waals surface area contributed by atoms with E-state index in [2.05, 4.69) is 19.9 Å². The molecular formula is C11H15O. The molecule has 0 aliphatic carbocycles. The fourth-order valence-electron chi connectivity index (χ4n) is 1.40. The lowest BCUT2D eigenvalue weighted by Crippen LogP contribution is -1.92. The van der Waals surface area contributed by atoms with Crippen LogP contribution in [0.15, 0.2) is 18.2 Å². The first-order valence-corrected chi connectivity index (χ1v) is 4.41. The average molecular weight is 163 g/mol. The van der Waals surface area contributed by atoms with Gasteiger partial charge in [0.2, 0.25) is 0 Å². The molecule has 1 N–H and O–H groups in total. The third-order valence-electron chi connectivity index (χ3n) is 2.14. The fraction of sp³-hybridized carbons (Fsp3) is 0.364. The summed E-state index contributed by atoms with van der Waals surface area (Å²) in [5.41, 5.74) is 3.60. The number of hydrogen-bond donors (Lipinski definition) is 1. The normalized spacial score (nSPS) is 10.2. The van der Waals surface area contributed by atoms with E-state index in [1.165, 1.54) is 11.1 Å². The Balaban J connectivity index is 3.02. The van der Waals surface area contributed by atoms with Gasteiger partial charge in [-0.25, -0.2) is 0 Å². The number of benzene rings is 1. The van der Waals surface area contributed by atoms with Gasteiger partial charge in [-0.3, -0.25) is 0 Å². The molecule has 0 aromatic heterocycles. The Morgan fingerprint density at radius 3 is 2.33 bits per heavy atom. The highest BCUT2D eigenvalue weighted by Crippen LogP contribution is 2.13. The van der Waals surface area contributed by atoms with Crippen molar-refractivity contribution in [1.29, 1.82) is 0 Å². The van der Waals surface area contributed by atoms with Crippen molar-refractivity contribution < 1.29 is 5.11 Å². The van der Waals surface area contributed by atoms with Crippen LogP contribution in [0.5, 0.6) is 0 Å². The van der Waals surface area contributed by atoms with Crippen molar-refractivity contribution in [2.24, 2.45) is 0 Å². The molecule has 0 aliphatic heterocycles. The van der Waals surface area contributed by atoms with Gasteiger partial charge in [-0.2, -0.15) is 0 Å². The van der Waals surface area contributed by atoms with Crippen molar-refractivity contribution in [3.63, 3.8) is 0 Å². The SMILES string of the molecule is CCc1ccc([CH]O)cc1CC. The van der Waals surface area contributed by atoms with E-state index in [1.807, 2.05) is 12.1 Å². The van der Waals surface area contributed by atoms with Crippen LogP contribution < -0.4 is 0 Å². The molecule has 65 valence electrons. The van der Waals surface area contributed by atoms with Crippen LogP contribution in [-0.4, -0.2) is 5.11 Å². The van der Waals surface area contributed by atoms with Gasteiger partial charge in [-0.15, -0.1) is 0 Å². The van der Waals surface area contributed by atoms with Crippen LogP contribution in [0.1, 0.15) is 30.5 Å². The molecule has 0 fully saturated rings. The van der Waals surface area contributed by atoms with Crippen molar-refractivity contribution in [1.82, 2.24) is 0 Å². The van der Waals surface area contributed by atoms with Gasteiger partial charge < -0.3 is 5.11 Å². The average Bonchev–Trinajstić information content (AvgIpc) is 2.16. The highest BCUT2D eigenvalue weighted by atomic mass is 16.3. The van der Waals surface area contributed by atoms with Crippen LogP contribution in [0.25, 0.3) is 0 Å². The lowest BCUT2D eigenvalue weighted by molar-refractivity contribution is 0.415. The monoisotopic (exact) mass is 163 g/mol. The van der Waals surface area contributed by atoms with Crippen LogP contribution in [0.2, 0.25) is 0 Å². The van der Waals surface area contributed by atoms with E-state index >= 15 is 0 Å². The smallest absolute Gasteiger partial charge is 0.109 e. The van der Waals surface area contributed by atoms with E-state index in [4.69, 9.17) is 5.11 Å². The molecule has 1 aromatic carbocycles. The maximum Gasteiger partial charge on any atom is 0.109 e. The van der Waals surface area contributed by atoms with Gasteiger partial charge in [0.05, 0.1) is 0 Å². The van der Waals surface area contributed by atoms with Crippen LogP contribution in [-0.2, 0) is 12.8 Å². The van der Waals surface area contributed by atoms with Crippen LogP contribution in [0.3, 0.4) is 0 Å². The highest BCUT2D eigenvalue weighted by Gasteiger charge is 1.99. The third kappa shape index (κ3) is 1.86. The molecule has 12 heavy (non-hydrogen) atoms. The molecule has 0 heterocycles. The van der Waals surface area contributed by atoms with Crippen molar-refractivity contribution >= 4 is 0 Å². The molecule has 0 bridgehead atoms. The molecule has 0 saturated heterocycles. The first-order valence-electron chi connectivity index (χ1n) is 4.41. The molecule has 0 saturated carbocycles. The highest BCUT2D eigenvalue weighted by molar-refractivity contribution is 5.34. The lowest BCUT2D eigenvalue weighted by atomic mass is 10.0. The Morgan fingerprint density at radius 2 is 1.83 bits per heavy atom. The Labute approximate surface area is 74.1 Å². The Kier molecular flexibility index (Phi) is 3.30. The molecule has 0 spiro atoms. The van der Waals surface area contributed by atoms with Gasteiger partial charge in [0.15, 0.2) is 0 Å². The predicted molar refractivity (Wildman–Crippen MR) is 50.5 cm³/mol. The zero-order valence-electron chi connectivity index (χ0n) is 7.67. The maximum absolute atomic E-state index is 8.80. The molecule has 0 amide bonds. The standard InChI is InChI=1S/C11H15O/c1-3-10-6-5-9(8-12)7-11(10)4-2/h5-8,12H,3-4H2,1-2H3. The summed E-state index contributed by atoms with van der Waals surface area (Å²) in [5, 5.41) is 8.80. The van der Waals surface area contributed by atoms with Crippen LogP contribution in [0.4, 0.5) is 0 Å². The van der Waals surface area contributed by atoms with Crippen LogP contribution in [0, 0.1) is 6.61 Å². The predicted octanol–water partition coefficient (Wildman–Crippen LogP) is 2.69. The van der Waals surface area contributed by atoms with Gasteiger partial charge in [0.25, 0.3) is 0 Å². The summed E-state index contributed by atoms with van der Waals surface area (Å²) >= 11 is 0. The number of hydrogen-bond acceptors (Lipinski definition) is 1. The van der Waals surface area contributed by atoms with Gasteiger partial charge in [0, 0.05) is 0 Å². The minimum Gasteiger partial charge on any atom is -0.385 e. The molecule has 1 radical (unpaired) electrons. The minimum atomic E-state index is 0.893. The Morgan fingerprint density at radius 1 is 1.17 bits per heavy atom. The number of rotatable bonds is 3. The topological polar surface area (TPSA) is 20.2 Å². The molecule has 1 aromatic rings. The zero-order valence-corrected chi connectivity index (χ0v) is 7.67. The summed E-state index contributed by atoms with van der Waals surface area (Å²) in [6, 6.07) is 6.07. The second-order valence-corrected chi connectivity index (χ2v) is 2.86. The largest absolute Gasteiger partial charge is 0.385 e. The summed E-state index contributed by atoms with van der Waals surface area (Å²) in [4.78, 5) is 0. The van der Waals surface area contributed by atoms with Crippen molar-refractivity contribution in [3.05, 3.63) is 41.5 Å². The quantitative estimate of drug-likeness (QED) is 0.726. The maximum atomic E-state index is 8.80. The van der Waals surface area contributed by atoms with Gasteiger partial charge in [-0.1, -0.05) is 32.0 Å². The van der Waals surface area contributed by atoms with Crippen LogP contribution >= 0.6 is 0 Å². The van der Waals surface area contributed by atoms with E-state index in [9.17, 15) is 0 Å². The summed E-state index contributed by atoms with van der Waals surface area (Å²) in [6.07, 6.45) is 2.10. The lowest BCUT2D eigenvalue weighted by Gasteiger charge is -2.06. The second kappa shape index (κ2) is 4.27. The zero-order chi connectivity index (χ0) is 8.97. The third-order valence-corrected chi connectivity index (χ3v) is 2.14. The van der Waals surface area contributed by atoms with Gasteiger partial charge in [-0.05, 0) is 29.5 Å². The minimum absolute atomic E-state index is 0.893. The first-order chi connectivity index (χ1) is 5.81. The van der Waals surface area contributed by atoms with Crippen molar-refractivity contribution in [2.45, 2.75) is 26.7 Å². The molecule has 0 unspecified atom stereocenters. The molecular weight excluding hydrogens is 148 g/mol. The molecule has 0 atom stereocenters. The second-order valence-electron chi connectivity index (χ2n) is 2.86. The molecule has 0 aliphatic rings. The Hall–Kier alpha value is -0.820. The van der Waals surface area contributed by atoms with E-state index in [-0.39, 0.29) is 0 Å². The van der Waals surface area contributed by atoms with Gasteiger partial charge in [0.1, 0.15) is 6.61 Å². The van der Waals surface area contributed by atoms with E-state index in [1.54, 1.807) is 0 Å². The van der Waals surface area contributed by atoms with Crippen molar-refractivity contribution in [2.75, 3.05) is 0 Å². The summed E-state index contributed by atoms with van der Waals surface area (Å²) in [6.45, 7) is 5.44. The van der Waals surface area contributed by atoms with E-state index < -0.39 is 0 Å². The molecule has 1 rings (SSSR count). The first kappa shape index (κ1) is 9.27. The van der Waals surface area contributed by atoms with E-state index in [0.717, 1.165) is 25.0 Å². The molecule has 1 heteroatoms. The number of aliphatic hydroxyl groups excluding tert-OH is 1. The summed E-state index contributed by atoms with van der Waals surface area (Å²) in [7, 11) is 0. The molecule has 1 nitrogen and oxygen atoms in total. The Bertz CT molecular complexity index is 253. The number of aliphatic hydroxyl groups is 1. The van der Waals surface area contributed by atoms with Crippen molar-refractivity contribution in [3.8, 4) is 0 Å².